The monoisotopic (exact) mass is 229 g/mol. The standard InChI is InChI=1S/C6H7N5O5/c1-16-5(13)4-8-6(10-9-4,11(14)15)2-3(7)12/h2H2,1H3,(H2,7,12). The SMILES string of the molecule is COC(=O)C1=NC(CC(N)=O)([N+](=O)[O-])N=N1. The summed E-state index contributed by atoms with van der Waals surface area (Å²) in [7, 11) is 1.06. The second-order valence-corrected chi connectivity index (χ2v) is 2.80. The number of azo groups is 1. The fourth-order valence-corrected chi connectivity index (χ4v) is 0.970. The molecule has 1 heterocycles. The van der Waals surface area contributed by atoms with Gasteiger partial charge in [0, 0.05) is 0 Å². The molecule has 10 heteroatoms. The Morgan fingerprint density at radius 2 is 2.25 bits per heavy atom. The van der Waals surface area contributed by atoms with E-state index >= 15 is 0 Å². The molecule has 1 amide bonds. The molecular formula is C6H7N5O5. The minimum atomic E-state index is -2.34. The predicted molar refractivity (Wildman–Crippen MR) is 47.8 cm³/mol. The Kier molecular flexibility index (Phi) is 2.92. The summed E-state index contributed by atoms with van der Waals surface area (Å²) in [6, 6.07) is 0. The van der Waals surface area contributed by atoms with Gasteiger partial charge in [0.05, 0.1) is 12.0 Å². The lowest BCUT2D eigenvalue weighted by Crippen LogP contribution is -2.37. The molecule has 16 heavy (non-hydrogen) atoms. The fourth-order valence-electron chi connectivity index (χ4n) is 0.970. The molecule has 1 unspecified atom stereocenters. The molecular weight excluding hydrogens is 222 g/mol. The van der Waals surface area contributed by atoms with Gasteiger partial charge in [-0.3, -0.25) is 14.9 Å². The number of nitrogens with zero attached hydrogens (tertiary/aromatic N) is 4. The zero-order valence-electron chi connectivity index (χ0n) is 8.11. The summed E-state index contributed by atoms with van der Waals surface area (Å²) in [5.41, 5.74) is 4.82. The minimum Gasteiger partial charge on any atom is -0.463 e. The van der Waals surface area contributed by atoms with Crippen LogP contribution in [-0.2, 0) is 14.3 Å². The lowest BCUT2D eigenvalue weighted by molar-refractivity contribution is -0.564. The number of amidine groups is 1. The first-order valence-corrected chi connectivity index (χ1v) is 3.95. The van der Waals surface area contributed by atoms with Crippen LogP contribution in [0.3, 0.4) is 0 Å². The number of aliphatic imine (C=N–C) groups is 1. The van der Waals surface area contributed by atoms with E-state index in [2.05, 4.69) is 20.0 Å². The smallest absolute Gasteiger partial charge is 0.439 e. The van der Waals surface area contributed by atoms with Gasteiger partial charge in [-0.1, -0.05) is 5.11 Å². The van der Waals surface area contributed by atoms with Gasteiger partial charge in [-0.2, -0.15) is 4.99 Å². The number of nitro groups is 1. The molecule has 1 aliphatic heterocycles. The van der Waals surface area contributed by atoms with E-state index in [1.54, 1.807) is 0 Å². The number of rotatable bonds is 4. The van der Waals surface area contributed by atoms with Crippen LogP contribution in [0.2, 0.25) is 0 Å². The van der Waals surface area contributed by atoms with Crippen LogP contribution in [0, 0.1) is 10.1 Å². The average Bonchev–Trinajstić information content (AvgIpc) is 2.61. The van der Waals surface area contributed by atoms with Crippen molar-refractivity contribution < 1.29 is 19.2 Å². The Labute approximate surface area is 88.3 Å². The molecule has 86 valence electrons. The van der Waals surface area contributed by atoms with Crippen LogP contribution in [0.1, 0.15) is 6.42 Å². The predicted octanol–water partition coefficient (Wildman–Crippen LogP) is -1.17. The molecule has 0 aliphatic carbocycles. The zero-order chi connectivity index (χ0) is 12.3. The van der Waals surface area contributed by atoms with Crippen molar-refractivity contribution in [1.82, 2.24) is 0 Å². The number of hydrogen-bond donors (Lipinski definition) is 1. The van der Waals surface area contributed by atoms with Crippen molar-refractivity contribution in [2.24, 2.45) is 21.0 Å². The quantitative estimate of drug-likeness (QED) is 0.366. The summed E-state index contributed by atoms with van der Waals surface area (Å²) >= 11 is 0. The van der Waals surface area contributed by atoms with Gasteiger partial charge in [-0.05, 0) is 0 Å². The van der Waals surface area contributed by atoms with E-state index in [1.165, 1.54) is 0 Å². The van der Waals surface area contributed by atoms with Crippen molar-refractivity contribution in [3.05, 3.63) is 10.1 Å². The maximum Gasteiger partial charge on any atom is 0.439 e. The fraction of sp³-hybridized carbons (Fsp3) is 0.500. The summed E-state index contributed by atoms with van der Waals surface area (Å²) in [6.07, 6.45) is -0.774. The molecule has 1 rings (SSSR count). The van der Waals surface area contributed by atoms with Crippen LogP contribution in [0.15, 0.2) is 15.2 Å². The molecule has 0 aromatic rings. The Balaban J connectivity index is 3.05. The summed E-state index contributed by atoms with van der Waals surface area (Å²) in [4.78, 5) is 34.7. The molecule has 0 aromatic carbocycles. The van der Waals surface area contributed by atoms with E-state index in [0.717, 1.165) is 7.11 Å². The molecule has 1 aliphatic rings. The molecule has 2 N–H and O–H groups in total. The number of ether oxygens (including phenoxy) is 1. The van der Waals surface area contributed by atoms with Crippen LogP contribution in [0.25, 0.3) is 0 Å². The van der Waals surface area contributed by atoms with E-state index in [-0.39, 0.29) is 0 Å². The lowest BCUT2D eigenvalue weighted by atomic mass is 10.2. The van der Waals surface area contributed by atoms with Crippen LogP contribution >= 0.6 is 0 Å². The summed E-state index contributed by atoms with van der Waals surface area (Å²) in [5, 5.41) is 17.1. The first-order valence-electron chi connectivity index (χ1n) is 3.95. The normalized spacial score (nSPS) is 22.7. The van der Waals surface area contributed by atoms with Crippen molar-refractivity contribution in [3.8, 4) is 0 Å². The number of carbonyl (C=O) groups is 2. The number of methoxy groups -OCH3 is 1. The largest absolute Gasteiger partial charge is 0.463 e. The van der Waals surface area contributed by atoms with Crippen LogP contribution < -0.4 is 5.73 Å². The third-order valence-electron chi connectivity index (χ3n) is 1.66. The lowest BCUT2D eigenvalue weighted by Gasteiger charge is -2.08. The Morgan fingerprint density at radius 1 is 1.62 bits per heavy atom. The molecule has 0 bridgehead atoms. The maximum absolute atomic E-state index is 11.0. The number of carbonyl (C=O) groups excluding carboxylic acids is 2. The molecule has 1 atom stereocenters. The van der Waals surface area contributed by atoms with Crippen molar-refractivity contribution in [1.29, 1.82) is 0 Å². The van der Waals surface area contributed by atoms with Crippen molar-refractivity contribution in [3.63, 3.8) is 0 Å². The maximum atomic E-state index is 11.0. The average molecular weight is 229 g/mol. The van der Waals surface area contributed by atoms with Gasteiger partial charge in [-0.25, -0.2) is 4.79 Å². The van der Waals surface area contributed by atoms with E-state index in [4.69, 9.17) is 5.73 Å². The second-order valence-electron chi connectivity index (χ2n) is 2.80. The highest BCUT2D eigenvalue weighted by atomic mass is 16.6. The first-order chi connectivity index (χ1) is 7.41. The van der Waals surface area contributed by atoms with Crippen LogP contribution in [-0.4, -0.2) is 35.5 Å². The number of nitrogens with two attached hydrogens (primary N) is 1. The van der Waals surface area contributed by atoms with Gasteiger partial charge in [0.25, 0.3) is 5.84 Å². The second kappa shape index (κ2) is 4.00. The van der Waals surface area contributed by atoms with Crippen molar-refractivity contribution >= 4 is 17.7 Å². The van der Waals surface area contributed by atoms with Gasteiger partial charge in [0.2, 0.25) is 5.91 Å². The molecule has 0 fully saturated rings. The third-order valence-corrected chi connectivity index (χ3v) is 1.66. The van der Waals surface area contributed by atoms with Crippen molar-refractivity contribution in [2.45, 2.75) is 12.2 Å². The number of amides is 1. The van der Waals surface area contributed by atoms with Gasteiger partial charge in [0.15, 0.2) is 0 Å². The molecule has 0 saturated heterocycles. The molecule has 0 aromatic heterocycles. The highest BCUT2D eigenvalue weighted by Gasteiger charge is 2.50. The first kappa shape index (κ1) is 11.7. The van der Waals surface area contributed by atoms with E-state index in [0.29, 0.717) is 0 Å². The summed E-state index contributed by atoms with van der Waals surface area (Å²) in [6.45, 7) is 0. The van der Waals surface area contributed by atoms with E-state index in [9.17, 15) is 19.7 Å². The Morgan fingerprint density at radius 3 is 2.69 bits per heavy atom. The van der Waals surface area contributed by atoms with Crippen LogP contribution in [0.5, 0.6) is 0 Å². The van der Waals surface area contributed by atoms with Crippen LogP contribution in [0.4, 0.5) is 0 Å². The van der Waals surface area contributed by atoms with Gasteiger partial charge < -0.3 is 10.5 Å². The minimum absolute atomic E-state index is 0.569. The van der Waals surface area contributed by atoms with Gasteiger partial charge >= 0.3 is 11.8 Å². The third kappa shape index (κ3) is 1.99. The summed E-state index contributed by atoms with van der Waals surface area (Å²) in [5.74, 6) is -4.86. The number of hydrogen-bond acceptors (Lipinski definition) is 8. The van der Waals surface area contributed by atoms with E-state index in [1.807, 2.05) is 0 Å². The van der Waals surface area contributed by atoms with E-state index < -0.39 is 34.8 Å². The molecule has 0 spiro atoms. The van der Waals surface area contributed by atoms with Gasteiger partial charge in [-0.15, -0.1) is 5.11 Å². The Bertz CT molecular complexity index is 416. The van der Waals surface area contributed by atoms with Crippen molar-refractivity contribution in [2.75, 3.05) is 7.11 Å². The summed E-state index contributed by atoms with van der Waals surface area (Å²) < 4.78 is 4.25. The highest BCUT2D eigenvalue weighted by Crippen LogP contribution is 2.24. The molecule has 10 nitrogen and oxygen atoms in total. The zero-order valence-corrected chi connectivity index (χ0v) is 8.11. The highest BCUT2D eigenvalue weighted by molar-refractivity contribution is 6.36. The molecule has 0 saturated carbocycles. The van der Waals surface area contributed by atoms with Gasteiger partial charge in [0.1, 0.15) is 6.42 Å². The number of primary amides is 1. The molecule has 0 radical (unpaired) electrons. The number of esters is 1. The Hall–Kier alpha value is -2.39. The topological polar surface area (TPSA) is 150 Å².